The molecule has 2 aliphatic rings. The molecule has 0 aromatic rings. The van der Waals surface area contributed by atoms with E-state index in [4.69, 9.17) is 0 Å². The Bertz CT molecular complexity index is 405. The smallest absolute Gasteiger partial charge is 0.246 e. The summed E-state index contributed by atoms with van der Waals surface area (Å²) in [5, 5.41) is 2.91. The minimum absolute atomic E-state index is 0.000365. The lowest BCUT2D eigenvalue weighted by atomic mass is 9.90. The summed E-state index contributed by atoms with van der Waals surface area (Å²) < 4.78 is 0. The third-order valence-electron chi connectivity index (χ3n) is 5.16. The van der Waals surface area contributed by atoms with Crippen molar-refractivity contribution in [2.75, 3.05) is 0 Å². The standard InChI is InChI=1S/C16H28N2O2/c1-6-10(2)13-15(20)18(11(3)14(19)17-13)12-7-8-16(4,5)9-12/h10-13H,6-9H2,1-5H3,(H,17,19). The van der Waals surface area contributed by atoms with Crippen molar-refractivity contribution in [1.82, 2.24) is 10.2 Å². The van der Waals surface area contributed by atoms with Crippen LogP contribution in [0, 0.1) is 11.3 Å². The van der Waals surface area contributed by atoms with Crippen LogP contribution in [0.4, 0.5) is 0 Å². The Morgan fingerprint density at radius 1 is 1.40 bits per heavy atom. The minimum atomic E-state index is -0.340. The van der Waals surface area contributed by atoms with E-state index in [9.17, 15) is 9.59 Å². The number of amides is 2. The van der Waals surface area contributed by atoms with Crippen LogP contribution in [0.3, 0.4) is 0 Å². The zero-order chi connectivity index (χ0) is 15.1. The van der Waals surface area contributed by atoms with Crippen molar-refractivity contribution < 1.29 is 9.59 Å². The van der Waals surface area contributed by atoms with Crippen molar-refractivity contribution in [3.63, 3.8) is 0 Å². The van der Waals surface area contributed by atoms with Gasteiger partial charge in [0.05, 0.1) is 0 Å². The van der Waals surface area contributed by atoms with Gasteiger partial charge in [-0.05, 0) is 37.5 Å². The first-order chi connectivity index (χ1) is 9.26. The van der Waals surface area contributed by atoms with Gasteiger partial charge in [0.15, 0.2) is 0 Å². The molecule has 0 radical (unpaired) electrons. The molecule has 1 saturated heterocycles. The van der Waals surface area contributed by atoms with Crippen molar-refractivity contribution in [3.8, 4) is 0 Å². The van der Waals surface area contributed by atoms with Crippen molar-refractivity contribution >= 4 is 11.8 Å². The predicted molar refractivity (Wildman–Crippen MR) is 79.1 cm³/mol. The maximum Gasteiger partial charge on any atom is 0.246 e. The van der Waals surface area contributed by atoms with Gasteiger partial charge in [-0.15, -0.1) is 0 Å². The number of nitrogens with zero attached hydrogens (tertiary/aromatic N) is 1. The molecule has 0 bridgehead atoms. The van der Waals surface area contributed by atoms with Crippen LogP contribution in [0.15, 0.2) is 0 Å². The Morgan fingerprint density at radius 2 is 2.05 bits per heavy atom. The van der Waals surface area contributed by atoms with Crippen molar-refractivity contribution in [1.29, 1.82) is 0 Å². The van der Waals surface area contributed by atoms with Gasteiger partial charge >= 0.3 is 0 Å². The van der Waals surface area contributed by atoms with Crippen LogP contribution >= 0.6 is 0 Å². The average Bonchev–Trinajstić information content (AvgIpc) is 2.73. The third-order valence-corrected chi connectivity index (χ3v) is 5.16. The summed E-state index contributed by atoms with van der Waals surface area (Å²) in [6.07, 6.45) is 4.05. The largest absolute Gasteiger partial charge is 0.342 e. The molecular weight excluding hydrogens is 252 g/mol. The molecule has 2 rings (SSSR count). The predicted octanol–water partition coefficient (Wildman–Crippen LogP) is 2.33. The van der Waals surface area contributed by atoms with E-state index in [2.05, 4.69) is 26.1 Å². The SMILES string of the molecule is CCC(C)C1NC(=O)C(C)N(C2CCC(C)(C)C2)C1=O. The molecule has 0 spiro atoms. The molecule has 20 heavy (non-hydrogen) atoms. The zero-order valence-corrected chi connectivity index (χ0v) is 13.4. The second-order valence-corrected chi connectivity index (χ2v) is 7.35. The molecule has 4 atom stereocenters. The zero-order valence-electron chi connectivity index (χ0n) is 13.4. The van der Waals surface area contributed by atoms with E-state index in [1.54, 1.807) is 0 Å². The highest BCUT2D eigenvalue weighted by molar-refractivity contribution is 5.97. The Labute approximate surface area is 122 Å². The molecule has 1 heterocycles. The fourth-order valence-corrected chi connectivity index (χ4v) is 3.57. The first-order valence-electron chi connectivity index (χ1n) is 7.89. The van der Waals surface area contributed by atoms with E-state index in [1.165, 1.54) is 0 Å². The Hall–Kier alpha value is -1.06. The van der Waals surface area contributed by atoms with E-state index < -0.39 is 0 Å². The Morgan fingerprint density at radius 3 is 2.55 bits per heavy atom. The lowest BCUT2D eigenvalue weighted by Crippen LogP contribution is -2.66. The number of piperazine rings is 1. The number of nitrogens with one attached hydrogen (secondary N) is 1. The number of hydrogen-bond acceptors (Lipinski definition) is 2. The second-order valence-electron chi connectivity index (χ2n) is 7.35. The van der Waals surface area contributed by atoms with Crippen LogP contribution in [0.1, 0.15) is 60.3 Å². The van der Waals surface area contributed by atoms with Gasteiger partial charge in [-0.1, -0.05) is 34.1 Å². The highest BCUT2D eigenvalue weighted by Gasteiger charge is 2.46. The Balaban J connectivity index is 2.21. The number of hydrogen-bond donors (Lipinski definition) is 1. The summed E-state index contributed by atoms with van der Waals surface area (Å²) in [4.78, 5) is 26.9. The van der Waals surface area contributed by atoms with Crippen molar-refractivity contribution in [2.24, 2.45) is 11.3 Å². The Kier molecular flexibility index (Phi) is 4.12. The molecule has 1 aliphatic heterocycles. The maximum absolute atomic E-state index is 12.8. The van der Waals surface area contributed by atoms with Gasteiger partial charge in [0.1, 0.15) is 12.1 Å². The van der Waals surface area contributed by atoms with Crippen molar-refractivity contribution in [3.05, 3.63) is 0 Å². The van der Waals surface area contributed by atoms with Crippen LogP contribution < -0.4 is 5.32 Å². The van der Waals surface area contributed by atoms with Gasteiger partial charge < -0.3 is 10.2 Å². The fraction of sp³-hybridized carbons (Fsp3) is 0.875. The highest BCUT2D eigenvalue weighted by atomic mass is 16.2. The summed E-state index contributed by atoms with van der Waals surface area (Å²) >= 11 is 0. The van der Waals surface area contributed by atoms with Crippen LogP contribution in [-0.4, -0.2) is 34.8 Å². The fourth-order valence-electron chi connectivity index (χ4n) is 3.57. The molecule has 1 N–H and O–H groups in total. The van der Waals surface area contributed by atoms with E-state index >= 15 is 0 Å². The minimum Gasteiger partial charge on any atom is -0.342 e. The summed E-state index contributed by atoms with van der Waals surface area (Å²) in [6.45, 7) is 10.4. The van der Waals surface area contributed by atoms with Gasteiger partial charge in [0, 0.05) is 6.04 Å². The monoisotopic (exact) mass is 280 g/mol. The summed E-state index contributed by atoms with van der Waals surface area (Å²) in [6, 6.07) is -0.445. The third kappa shape index (κ3) is 2.70. The highest BCUT2D eigenvalue weighted by Crippen LogP contribution is 2.40. The topological polar surface area (TPSA) is 49.4 Å². The van der Waals surface area contributed by atoms with Gasteiger partial charge in [-0.3, -0.25) is 9.59 Å². The molecule has 114 valence electrons. The van der Waals surface area contributed by atoms with Gasteiger partial charge in [0.25, 0.3) is 0 Å². The molecule has 4 nitrogen and oxygen atoms in total. The molecule has 4 unspecified atom stereocenters. The van der Waals surface area contributed by atoms with Crippen molar-refractivity contribution in [2.45, 2.75) is 78.4 Å². The van der Waals surface area contributed by atoms with Crippen LogP contribution in [-0.2, 0) is 9.59 Å². The maximum atomic E-state index is 12.8. The summed E-state index contributed by atoms with van der Waals surface area (Å²) in [5.74, 6) is 0.310. The lowest BCUT2D eigenvalue weighted by Gasteiger charge is -2.43. The molecule has 2 fully saturated rings. The molecule has 2 amide bonds. The molecule has 4 heteroatoms. The van der Waals surface area contributed by atoms with Gasteiger partial charge in [-0.25, -0.2) is 0 Å². The lowest BCUT2D eigenvalue weighted by molar-refractivity contribution is -0.153. The number of carbonyl (C=O) groups is 2. The first kappa shape index (κ1) is 15.3. The first-order valence-corrected chi connectivity index (χ1v) is 7.89. The van der Waals surface area contributed by atoms with E-state index in [-0.39, 0.29) is 41.3 Å². The van der Waals surface area contributed by atoms with Crippen LogP contribution in [0.2, 0.25) is 0 Å². The molecule has 1 aliphatic carbocycles. The van der Waals surface area contributed by atoms with Gasteiger partial charge in [0.2, 0.25) is 11.8 Å². The summed E-state index contributed by atoms with van der Waals surface area (Å²) in [5.41, 5.74) is 0.282. The number of rotatable bonds is 3. The van der Waals surface area contributed by atoms with Crippen LogP contribution in [0.5, 0.6) is 0 Å². The van der Waals surface area contributed by atoms with Gasteiger partial charge in [-0.2, -0.15) is 0 Å². The van der Waals surface area contributed by atoms with E-state index in [0.717, 1.165) is 25.7 Å². The molecule has 0 aromatic heterocycles. The molecule has 1 saturated carbocycles. The molecule has 0 aromatic carbocycles. The quantitative estimate of drug-likeness (QED) is 0.862. The van der Waals surface area contributed by atoms with Crippen LogP contribution in [0.25, 0.3) is 0 Å². The average molecular weight is 280 g/mol. The second kappa shape index (κ2) is 5.38. The molecular formula is C16H28N2O2. The normalized spacial score (nSPS) is 35.0. The van der Waals surface area contributed by atoms with E-state index in [0.29, 0.717) is 0 Å². The van der Waals surface area contributed by atoms with E-state index in [1.807, 2.05) is 18.7 Å². The summed E-state index contributed by atoms with van der Waals surface area (Å²) in [7, 11) is 0. The number of carbonyl (C=O) groups excluding carboxylic acids is 2.